The van der Waals surface area contributed by atoms with E-state index >= 15 is 0 Å². The zero-order valence-electron chi connectivity index (χ0n) is 17.5. The van der Waals surface area contributed by atoms with Crippen LogP contribution in [0.3, 0.4) is 0 Å². The van der Waals surface area contributed by atoms with Gasteiger partial charge in [-0.05, 0) is 44.2 Å². The molecule has 0 aliphatic carbocycles. The van der Waals surface area contributed by atoms with Gasteiger partial charge in [0.05, 0.1) is 22.5 Å². The molecular formula is C24H20N4O3S. The molecule has 0 bridgehead atoms. The van der Waals surface area contributed by atoms with Gasteiger partial charge in [0, 0.05) is 28.0 Å². The molecule has 160 valence electrons. The lowest BCUT2D eigenvalue weighted by Gasteiger charge is -2.09. The first-order chi connectivity index (χ1) is 15.4. The molecule has 2 aromatic carbocycles. The van der Waals surface area contributed by atoms with E-state index < -0.39 is 5.97 Å². The summed E-state index contributed by atoms with van der Waals surface area (Å²) >= 11 is 1.28. The molecule has 0 radical (unpaired) electrons. The molecule has 0 fully saturated rings. The minimum Gasteiger partial charge on any atom is -0.478 e. The molecule has 4 aromatic rings. The Labute approximate surface area is 189 Å². The molecule has 0 atom stereocenters. The molecule has 2 aromatic heterocycles. The van der Waals surface area contributed by atoms with Gasteiger partial charge in [0.2, 0.25) is 5.91 Å². The molecule has 1 amide bonds. The quantitative estimate of drug-likeness (QED) is 0.327. The smallest absolute Gasteiger partial charge is 0.336 e. The van der Waals surface area contributed by atoms with Crippen LogP contribution in [-0.2, 0) is 4.79 Å². The van der Waals surface area contributed by atoms with Gasteiger partial charge >= 0.3 is 5.97 Å². The lowest BCUT2D eigenvalue weighted by Crippen LogP contribution is -2.14. The number of thioether (sulfide) groups is 1. The third kappa shape index (κ3) is 4.92. The van der Waals surface area contributed by atoms with Gasteiger partial charge in [-0.1, -0.05) is 42.1 Å². The highest BCUT2D eigenvalue weighted by Gasteiger charge is 2.13. The molecule has 0 saturated heterocycles. The van der Waals surface area contributed by atoms with Crippen molar-refractivity contribution in [2.45, 2.75) is 19.0 Å². The van der Waals surface area contributed by atoms with Crippen molar-refractivity contribution in [1.29, 1.82) is 0 Å². The second kappa shape index (κ2) is 9.15. The van der Waals surface area contributed by atoms with Crippen LogP contribution in [0.1, 0.15) is 21.7 Å². The lowest BCUT2D eigenvalue weighted by molar-refractivity contribution is -0.113. The van der Waals surface area contributed by atoms with Crippen molar-refractivity contribution in [3.05, 3.63) is 77.6 Å². The number of aromatic nitrogens is 3. The minimum atomic E-state index is -1.00. The summed E-state index contributed by atoms with van der Waals surface area (Å²) in [7, 11) is 0. The van der Waals surface area contributed by atoms with Gasteiger partial charge in [-0.25, -0.2) is 19.7 Å². The number of aryl methyl sites for hydroxylation is 2. The van der Waals surface area contributed by atoms with E-state index in [1.165, 1.54) is 11.8 Å². The Hall–Kier alpha value is -3.78. The molecule has 7 nitrogen and oxygen atoms in total. The summed E-state index contributed by atoms with van der Waals surface area (Å²) in [6, 6.07) is 17.7. The maximum Gasteiger partial charge on any atom is 0.336 e. The number of pyridine rings is 1. The Morgan fingerprint density at radius 1 is 0.938 bits per heavy atom. The van der Waals surface area contributed by atoms with Crippen molar-refractivity contribution in [1.82, 2.24) is 15.0 Å². The third-order valence-electron chi connectivity index (χ3n) is 4.71. The van der Waals surface area contributed by atoms with Gasteiger partial charge in [-0.2, -0.15) is 0 Å². The second-order valence-corrected chi connectivity index (χ2v) is 8.17. The number of para-hydroxylation sites is 1. The molecule has 0 spiro atoms. The number of amides is 1. The second-order valence-electron chi connectivity index (χ2n) is 7.22. The van der Waals surface area contributed by atoms with Crippen molar-refractivity contribution in [3.8, 4) is 11.3 Å². The zero-order chi connectivity index (χ0) is 22.7. The van der Waals surface area contributed by atoms with E-state index in [4.69, 9.17) is 0 Å². The molecule has 0 saturated carbocycles. The molecule has 0 aliphatic heterocycles. The van der Waals surface area contributed by atoms with Crippen LogP contribution in [0, 0.1) is 13.8 Å². The Morgan fingerprint density at radius 2 is 1.62 bits per heavy atom. The maximum atomic E-state index is 12.3. The van der Waals surface area contributed by atoms with Crippen LogP contribution < -0.4 is 5.32 Å². The number of benzene rings is 2. The molecule has 32 heavy (non-hydrogen) atoms. The maximum absolute atomic E-state index is 12.3. The number of nitrogens with one attached hydrogen (secondary N) is 1. The molecular weight excluding hydrogens is 424 g/mol. The van der Waals surface area contributed by atoms with Crippen LogP contribution in [0.5, 0.6) is 0 Å². The fourth-order valence-corrected chi connectivity index (χ4v) is 4.06. The number of carboxylic acid groups (broad SMARTS) is 1. The third-order valence-corrected chi connectivity index (χ3v) is 5.55. The summed E-state index contributed by atoms with van der Waals surface area (Å²) in [5.41, 5.74) is 4.50. The van der Waals surface area contributed by atoms with Gasteiger partial charge < -0.3 is 10.4 Å². The predicted octanol–water partition coefficient (Wildman–Crippen LogP) is 4.74. The molecule has 8 heteroatoms. The van der Waals surface area contributed by atoms with Crippen LogP contribution in [0.25, 0.3) is 22.2 Å². The Bertz CT molecular complexity index is 1300. The number of nitrogens with zero attached hydrogens (tertiary/aromatic N) is 3. The van der Waals surface area contributed by atoms with Crippen molar-refractivity contribution in [3.63, 3.8) is 0 Å². The Balaban J connectivity index is 1.47. The monoisotopic (exact) mass is 444 g/mol. The highest BCUT2D eigenvalue weighted by Crippen LogP contribution is 2.26. The fraction of sp³-hybridized carbons (Fsp3) is 0.125. The topological polar surface area (TPSA) is 105 Å². The number of carbonyl (C=O) groups excluding carboxylic acids is 1. The van der Waals surface area contributed by atoms with E-state index in [0.717, 1.165) is 17.0 Å². The van der Waals surface area contributed by atoms with Gasteiger partial charge in [-0.3, -0.25) is 4.79 Å². The summed E-state index contributed by atoms with van der Waals surface area (Å²) in [6.45, 7) is 3.79. The number of carboxylic acids is 1. The number of aromatic carboxylic acids is 1. The largest absolute Gasteiger partial charge is 0.478 e. The van der Waals surface area contributed by atoms with Crippen molar-refractivity contribution < 1.29 is 14.7 Å². The number of anilines is 1. The van der Waals surface area contributed by atoms with E-state index in [2.05, 4.69) is 20.3 Å². The SMILES string of the molecule is Cc1cc(C)nc(SCC(=O)Nc2ccc(-c3cc(C(=O)O)c4ccccc4n3)cc2)n1. The van der Waals surface area contributed by atoms with Gasteiger partial charge in [-0.15, -0.1) is 0 Å². The summed E-state index contributed by atoms with van der Waals surface area (Å²) in [4.78, 5) is 37.2. The fourth-order valence-electron chi connectivity index (χ4n) is 3.31. The van der Waals surface area contributed by atoms with Crippen molar-refractivity contribution in [2.24, 2.45) is 0 Å². The molecule has 0 aliphatic rings. The highest BCUT2D eigenvalue weighted by atomic mass is 32.2. The number of rotatable bonds is 6. The molecule has 4 rings (SSSR count). The summed E-state index contributed by atoms with van der Waals surface area (Å²) in [6.07, 6.45) is 0. The molecule has 2 heterocycles. The van der Waals surface area contributed by atoms with E-state index in [0.29, 0.717) is 27.4 Å². The number of carbonyl (C=O) groups is 2. The van der Waals surface area contributed by atoms with Crippen LogP contribution in [0.15, 0.2) is 65.8 Å². The average molecular weight is 445 g/mol. The Morgan fingerprint density at radius 3 is 2.31 bits per heavy atom. The van der Waals surface area contributed by atoms with Crippen molar-refractivity contribution in [2.75, 3.05) is 11.1 Å². The summed E-state index contributed by atoms with van der Waals surface area (Å²) in [5, 5.41) is 13.6. The van der Waals surface area contributed by atoms with Crippen LogP contribution in [0.4, 0.5) is 5.69 Å². The first-order valence-electron chi connectivity index (χ1n) is 9.87. The van der Waals surface area contributed by atoms with Crippen molar-refractivity contribution >= 4 is 40.2 Å². The van der Waals surface area contributed by atoms with E-state index in [-0.39, 0.29) is 17.2 Å². The zero-order valence-corrected chi connectivity index (χ0v) is 18.3. The van der Waals surface area contributed by atoms with E-state index in [9.17, 15) is 14.7 Å². The standard InChI is InChI=1S/C24H20N4O3S/c1-14-11-15(2)26-24(25-14)32-13-22(29)27-17-9-7-16(8-10-17)21-12-19(23(30)31)18-5-3-4-6-20(18)28-21/h3-12H,13H2,1-2H3,(H,27,29)(H,30,31). The molecule has 2 N–H and O–H groups in total. The van der Waals surface area contributed by atoms with Gasteiger partial charge in [0.15, 0.2) is 5.16 Å². The number of hydrogen-bond donors (Lipinski definition) is 2. The van der Waals surface area contributed by atoms with E-state index in [1.807, 2.05) is 26.0 Å². The van der Waals surface area contributed by atoms with E-state index in [1.54, 1.807) is 48.5 Å². The van der Waals surface area contributed by atoms with Crippen LogP contribution in [0.2, 0.25) is 0 Å². The number of hydrogen-bond acceptors (Lipinski definition) is 6. The summed E-state index contributed by atoms with van der Waals surface area (Å²) < 4.78 is 0. The Kier molecular flexibility index (Phi) is 6.13. The average Bonchev–Trinajstić information content (AvgIpc) is 2.77. The first-order valence-corrected chi connectivity index (χ1v) is 10.9. The minimum absolute atomic E-state index is 0.164. The lowest BCUT2D eigenvalue weighted by atomic mass is 10.0. The van der Waals surface area contributed by atoms with Crippen LogP contribution >= 0.6 is 11.8 Å². The normalized spacial score (nSPS) is 10.8. The molecule has 0 unspecified atom stereocenters. The summed E-state index contributed by atoms with van der Waals surface area (Å²) in [5.74, 6) is -0.972. The van der Waals surface area contributed by atoms with Crippen LogP contribution in [-0.4, -0.2) is 37.7 Å². The highest BCUT2D eigenvalue weighted by molar-refractivity contribution is 7.99. The first kappa shape index (κ1) is 21.5. The predicted molar refractivity (Wildman–Crippen MR) is 125 cm³/mol. The van der Waals surface area contributed by atoms with Gasteiger partial charge in [0.25, 0.3) is 0 Å². The van der Waals surface area contributed by atoms with Gasteiger partial charge in [0.1, 0.15) is 0 Å². The number of fused-ring (bicyclic) bond motifs is 1.